The summed E-state index contributed by atoms with van der Waals surface area (Å²) in [5, 5.41) is 3.55. The van der Waals surface area contributed by atoms with Gasteiger partial charge in [-0.25, -0.2) is 4.99 Å². The molecule has 4 nitrogen and oxygen atoms in total. The van der Waals surface area contributed by atoms with Crippen LogP contribution in [0.4, 0.5) is 0 Å². The van der Waals surface area contributed by atoms with Gasteiger partial charge in [0.15, 0.2) is 0 Å². The summed E-state index contributed by atoms with van der Waals surface area (Å²) in [5.74, 6) is 4.08. The second-order valence-electron chi connectivity index (χ2n) is 9.98. The van der Waals surface area contributed by atoms with Crippen LogP contribution >= 0.6 is 0 Å². The van der Waals surface area contributed by atoms with Crippen molar-refractivity contribution in [2.24, 2.45) is 34.1 Å². The predicted molar refractivity (Wildman–Crippen MR) is 108 cm³/mol. The van der Waals surface area contributed by atoms with E-state index < -0.39 is 5.41 Å². The van der Waals surface area contributed by atoms with Crippen molar-refractivity contribution < 1.29 is 9.53 Å². The molecule has 1 heterocycles. The molecule has 146 valence electrons. The molecular weight excluding hydrogens is 348 g/mol. The van der Waals surface area contributed by atoms with Crippen LogP contribution < -0.4 is 5.32 Å². The normalized spacial score (nSPS) is 44.2. The van der Waals surface area contributed by atoms with Gasteiger partial charge in [-0.3, -0.25) is 4.79 Å². The monoisotopic (exact) mass is 376 g/mol. The number of ether oxygens (including phenoxy) is 1. The Morgan fingerprint density at radius 1 is 1.18 bits per heavy atom. The van der Waals surface area contributed by atoms with Crippen molar-refractivity contribution in [3.63, 3.8) is 0 Å². The second-order valence-corrected chi connectivity index (χ2v) is 9.98. The Kier molecular flexibility index (Phi) is 3.43. The van der Waals surface area contributed by atoms with Gasteiger partial charge in [-0.15, -0.1) is 0 Å². The minimum Gasteiger partial charge on any atom is -0.473 e. The van der Waals surface area contributed by atoms with Crippen LogP contribution in [-0.4, -0.2) is 23.4 Å². The number of amides is 1. The molecule has 0 aromatic heterocycles. The molecule has 0 spiro atoms. The maximum Gasteiger partial charge on any atom is 0.232 e. The molecule has 0 bridgehead atoms. The van der Waals surface area contributed by atoms with Crippen LogP contribution in [0.2, 0.25) is 0 Å². The molecule has 4 saturated carbocycles. The Morgan fingerprint density at radius 2 is 2.04 bits per heavy atom. The van der Waals surface area contributed by atoms with E-state index in [2.05, 4.69) is 18.3 Å². The van der Waals surface area contributed by atoms with Gasteiger partial charge in [0, 0.05) is 5.54 Å². The molecule has 1 N–H and O–H groups in total. The Bertz CT molecular complexity index is 878. The van der Waals surface area contributed by atoms with E-state index in [4.69, 9.17) is 9.73 Å². The van der Waals surface area contributed by atoms with Gasteiger partial charge in [-0.05, 0) is 67.4 Å². The molecule has 1 aromatic rings. The summed E-state index contributed by atoms with van der Waals surface area (Å²) in [6.45, 7) is 2.87. The van der Waals surface area contributed by atoms with Gasteiger partial charge in [-0.2, -0.15) is 0 Å². The molecular formula is C24H28N2O2. The van der Waals surface area contributed by atoms with Crippen molar-refractivity contribution in [2.45, 2.75) is 57.2 Å². The summed E-state index contributed by atoms with van der Waals surface area (Å²) in [6, 6.07) is 10.2. The van der Waals surface area contributed by atoms with Crippen LogP contribution in [0.25, 0.3) is 0 Å². The lowest BCUT2D eigenvalue weighted by Crippen LogP contribution is -2.74. The van der Waals surface area contributed by atoms with Crippen molar-refractivity contribution in [1.29, 1.82) is 0 Å². The third-order valence-electron chi connectivity index (χ3n) is 8.09. The van der Waals surface area contributed by atoms with Crippen LogP contribution in [0.5, 0.6) is 0 Å². The topological polar surface area (TPSA) is 50.7 Å². The molecule has 6 rings (SSSR count). The van der Waals surface area contributed by atoms with E-state index in [0.717, 1.165) is 42.1 Å². The maximum absolute atomic E-state index is 13.3. The first-order valence-electron chi connectivity index (χ1n) is 10.8. The molecule has 4 aliphatic carbocycles. The van der Waals surface area contributed by atoms with E-state index >= 15 is 0 Å². The average Bonchev–Trinajstić information content (AvgIpc) is 3.39. The van der Waals surface area contributed by atoms with E-state index in [1.165, 1.54) is 19.3 Å². The Balaban J connectivity index is 1.11. The van der Waals surface area contributed by atoms with E-state index in [0.29, 0.717) is 12.5 Å². The third kappa shape index (κ3) is 2.36. The zero-order chi connectivity index (χ0) is 18.9. The summed E-state index contributed by atoms with van der Waals surface area (Å²) < 4.78 is 5.85. The molecule has 0 saturated heterocycles. The standard InChI is InChI=1S/C24H28N2O2/c1-15-9-17-10-18-12-24(11-15,21(17)18)26-22(27)23-8-7-20(25-19(23)13-23)28-14-16-5-3-2-4-6-16/h2-8,15,17-19,21H,9-14H2,1H3,(H,26,27). The number of carbonyl (C=O) groups is 1. The zero-order valence-electron chi connectivity index (χ0n) is 16.4. The molecule has 4 heteroatoms. The SMILES string of the molecule is CC1CC2CC3CC(NC(=O)C45C=CC(OCc6ccccc6)=NC4C5)(C1)C23. The highest BCUT2D eigenvalue weighted by Crippen LogP contribution is 2.67. The summed E-state index contributed by atoms with van der Waals surface area (Å²) in [5.41, 5.74) is 0.801. The average molecular weight is 377 g/mol. The number of rotatable bonds is 4. The number of fused-ring (bicyclic) bond motifs is 1. The number of aliphatic imine (C=N–C) groups is 1. The largest absolute Gasteiger partial charge is 0.473 e. The smallest absolute Gasteiger partial charge is 0.232 e. The molecule has 5 aliphatic rings. The lowest BCUT2D eigenvalue weighted by Gasteiger charge is -2.70. The van der Waals surface area contributed by atoms with Gasteiger partial charge in [0.25, 0.3) is 0 Å². The van der Waals surface area contributed by atoms with Gasteiger partial charge in [0.05, 0.1) is 11.5 Å². The Morgan fingerprint density at radius 3 is 2.82 bits per heavy atom. The number of dihydropyridines is 1. The molecule has 7 unspecified atom stereocenters. The van der Waals surface area contributed by atoms with Gasteiger partial charge in [0.1, 0.15) is 6.61 Å². The highest BCUT2D eigenvalue weighted by Gasteiger charge is 2.68. The maximum atomic E-state index is 13.3. The molecule has 1 aromatic carbocycles. The Hall–Kier alpha value is -2.10. The number of nitrogens with one attached hydrogen (secondary N) is 1. The fourth-order valence-electron chi connectivity index (χ4n) is 6.79. The van der Waals surface area contributed by atoms with E-state index in [1.54, 1.807) is 0 Å². The van der Waals surface area contributed by atoms with Crippen LogP contribution in [0, 0.1) is 29.1 Å². The van der Waals surface area contributed by atoms with E-state index in [1.807, 2.05) is 36.4 Å². The Labute approximate surface area is 166 Å². The van der Waals surface area contributed by atoms with Crippen molar-refractivity contribution in [2.75, 3.05) is 0 Å². The predicted octanol–water partition coefficient (Wildman–Crippen LogP) is 3.87. The van der Waals surface area contributed by atoms with Crippen LogP contribution in [0.15, 0.2) is 47.5 Å². The molecule has 7 atom stereocenters. The minimum absolute atomic E-state index is 0.0498. The third-order valence-corrected chi connectivity index (χ3v) is 8.09. The van der Waals surface area contributed by atoms with Gasteiger partial charge in [-0.1, -0.05) is 43.3 Å². The first kappa shape index (κ1) is 16.8. The number of nitrogens with zero attached hydrogens (tertiary/aromatic N) is 1. The second kappa shape index (κ2) is 5.71. The zero-order valence-corrected chi connectivity index (χ0v) is 16.4. The quantitative estimate of drug-likeness (QED) is 0.867. The summed E-state index contributed by atoms with van der Waals surface area (Å²) in [7, 11) is 0. The highest BCUT2D eigenvalue weighted by atomic mass is 16.5. The van der Waals surface area contributed by atoms with E-state index in [-0.39, 0.29) is 17.5 Å². The number of carbonyl (C=O) groups excluding carboxylic acids is 1. The van der Waals surface area contributed by atoms with Crippen molar-refractivity contribution in [3.05, 3.63) is 48.0 Å². The minimum atomic E-state index is -0.417. The summed E-state index contributed by atoms with van der Waals surface area (Å²) in [4.78, 5) is 18.0. The summed E-state index contributed by atoms with van der Waals surface area (Å²) in [6.07, 6.45) is 9.89. The molecule has 0 radical (unpaired) electrons. The van der Waals surface area contributed by atoms with Crippen LogP contribution in [0.1, 0.15) is 44.6 Å². The molecule has 1 amide bonds. The van der Waals surface area contributed by atoms with E-state index in [9.17, 15) is 4.79 Å². The molecule has 1 aliphatic heterocycles. The van der Waals surface area contributed by atoms with Crippen molar-refractivity contribution in [1.82, 2.24) is 5.32 Å². The van der Waals surface area contributed by atoms with Gasteiger partial charge >= 0.3 is 0 Å². The molecule has 4 fully saturated rings. The van der Waals surface area contributed by atoms with Crippen LogP contribution in [0.3, 0.4) is 0 Å². The summed E-state index contributed by atoms with van der Waals surface area (Å²) >= 11 is 0. The van der Waals surface area contributed by atoms with Gasteiger partial charge in [0.2, 0.25) is 11.8 Å². The number of benzene rings is 1. The molecule has 28 heavy (non-hydrogen) atoms. The lowest BCUT2D eigenvalue weighted by atomic mass is 9.39. The number of hydrogen-bond acceptors (Lipinski definition) is 3. The van der Waals surface area contributed by atoms with Crippen LogP contribution in [-0.2, 0) is 16.1 Å². The highest BCUT2D eigenvalue weighted by molar-refractivity contribution is 5.97. The fraction of sp³-hybridized carbons (Fsp3) is 0.583. The first-order valence-corrected chi connectivity index (χ1v) is 10.8. The van der Waals surface area contributed by atoms with Crippen molar-refractivity contribution >= 4 is 11.8 Å². The fourth-order valence-corrected chi connectivity index (χ4v) is 6.79. The van der Waals surface area contributed by atoms with Gasteiger partial charge < -0.3 is 10.1 Å². The lowest BCUT2D eigenvalue weighted by molar-refractivity contribution is -0.176. The van der Waals surface area contributed by atoms with Crippen molar-refractivity contribution in [3.8, 4) is 0 Å². The first-order chi connectivity index (χ1) is 13.6. The number of hydrogen-bond donors (Lipinski definition) is 1.